The van der Waals surface area contributed by atoms with E-state index in [0.29, 0.717) is 12.0 Å². The molecule has 30 heavy (non-hydrogen) atoms. The molecule has 0 bridgehead atoms. The summed E-state index contributed by atoms with van der Waals surface area (Å²) in [6.45, 7) is 4.59. The SMILES string of the molecule is CCC(=O)O[C@@]1(C(=O)CO)[C@H](C)C[C@H]2c3ccc4cc(O)ccc4c3C(=O)C[C@@]21C. The van der Waals surface area contributed by atoms with Crippen LogP contribution < -0.4 is 0 Å². The van der Waals surface area contributed by atoms with Crippen molar-refractivity contribution in [1.29, 1.82) is 0 Å². The number of carbonyl (C=O) groups is 3. The Labute approximate surface area is 174 Å². The molecule has 4 rings (SSSR count). The number of esters is 1. The van der Waals surface area contributed by atoms with Crippen LogP contribution in [0, 0.1) is 11.3 Å². The van der Waals surface area contributed by atoms with Crippen LogP contribution in [0.1, 0.15) is 61.9 Å². The van der Waals surface area contributed by atoms with Gasteiger partial charge < -0.3 is 14.9 Å². The number of phenols is 1. The van der Waals surface area contributed by atoms with Crippen molar-refractivity contribution in [3.8, 4) is 5.75 Å². The van der Waals surface area contributed by atoms with E-state index in [1.54, 1.807) is 25.1 Å². The maximum Gasteiger partial charge on any atom is 0.306 e. The number of hydrogen-bond donors (Lipinski definition) is 2. The molecule has 2 aromatic rings. The second-order valence-electron chi connectivity index (χ2n) is 8.79. The van der Waals surface area contributed by atoms with Gasteiger partial charge >= 0.3 is 5.97 Å². The summed E-state index contributed by atoms with van der Waals surface area (Å²) in [7, 11) is 0. The van der Waals surface area contributed by atoms with Gasteiger partial charge in [0.1, 0.15) is 12.4 Å². The number of rotatable bonds is 4. The highest BCUT2D eigenvalue weighted by molar-refractivity contribution is 6.11. The van der Waals surface area contributed by atoms with Crippen molar-refractivity contribution in [2.75, 3.05) is 6.61 Å². The molecule has 2 aliphatic carbocycles. The van der Waals surface area contributed by atoms with Crippen molar-refractivity contribution in [2.24, 2.45) is 11.3 Å². The Balaban J connectivity index is 1.94. The number of aromatic hydroxyl groups is 1. The number of hydrogen-bond acceptors (Lipinski definition) is 6. The lowest BCUT2D eigenvalue weighted by atomic mass is 9.59. The molecule has 0 saturated heterocycles. The Kier molecular flexibility index (Phi) is 4.73. The molecule has 2 N–H and O–H groups in total. The predicted octanol–water partition coefficient (Wildman–Crippen LogP) is 3.51. The van der Waals surface area contributed by atoms with E-state index in [1.165, 1.54) is 0 Å². The van der Waals surface area contributed by atoms with Gasteiger partial charge in [-0.2, -0.15) is 0 Å². The number of carbonyl (C=O) groups excluding carboxylic acids is 3. The standard InChI is InChI=1S/C24H26O6/c1-4-21(29)30-24(20(28)12-25)13(2)9-18-17-7-5-14-10-15(26)6-8-16(14)22(17)19(27)11-23(18,24)3/h5-8,10,13,18,25-26H,4,9,11-12H2,1-3H3/t13-,18+,23+,24-/m1/s1. The number of phenolic OH excluding ortho intramolecular Hbond substituents is 1. The van der Waals surface area contributed by atoms with Gasteiger partial charge in [0.05, 0.1) is 0 Å². The Hall–Kier alpha value is -2.73. The number of Topliss-reactive ketones (excluding diaryl/α,β-unsaturated/α-hetero) is 2. The highest BCUT2D eigenvalue weighted by Gasteiger charge is 2.69. The molecular formula is C24H26O6. The summed E-state index contributed by atoms with van der Waals surface area (Å²) >= 11 is 0. The van der Waals surface area contributed by atoms with Crippen molar-refractivity contribution in [3.63, 3.8) is 0 Å². The van der Waals surface area contributed by atoms with E-state index in [2.05, 4.69) is 0 Å². The van der Waals surface area contributed by atoms with Gasteiger partial charge in [0.15, 0.2) is 11.4 Å². The molecular weight excluding hydrogens is 384 g/mol. The number of aliphatic hydroxyl groups excluding tert-OH is 1. The van der Waals surface area contributed by atoms with Crippen molar-refractivity contribution >= 4 is 28.3 Å². The van der Waals surface area contributed by atoms with Crippen molar-refractivity contribution < 1.29 is 29.3 Å². The Morgan fingerprint density at radius 2 is 1.97 bits per heavy atom. The zero-order chi connectivity index (χ0) is 21.8. The minimum absolute atomic E-state index is 0.0394. The number of ether oxygens (including phenoxy) is 1. The van der Waals surface area contributed by atoms with E-state index in [0.717, 1.165) is 16.3 Å². The van der Waals surface area contributed by atoms with Gasteiger partial charge in [-0.05, 0) is 46.9 Å². The van der Waals surface area contributed by atoms with E-state index >= 15 is 0 Å². The minimum Gasteiger partial charge on any atom is -0.508 e. The summed E-state index contributed by atoms with van der Waals surface area (Å²) in [5, 5.41) is 21.1. The third-order valence-corrected chi connectivity index (χ3v) is 7.24. The van der Waals surface area contributed by atoms with Crippen molar-refractivity contribution in [3.05, 3.63) is 41.5 Å². The van der Waals surface area contributed by atoms with Crippen LogP contribution in [0.15, 0.2) is 30.3 Å². The molecule has 0 aliphatic heterocycles. The lowest BCUT2D eigenvalue weighted by Crippen LogP contribution is -2.59. The van der Waals surface area contributed by atoms with Gasteiger partial charge in [0.25, 0.3) is 0 Å². The lowest BCUT2D eigenvalue weighted by molar-refractivity contribution is -0.187. The number of ketones is 2. The van der Waals surface area contributed by atoms with E-state index in [-0.39, 0.29) is 36.2 Å². The van der Waals surface area contributed by atoms with Crippen molar-refractivity contribution in [2.45, 2.75) is 51.6 Å². The molecule has 0 spiro atoms. The predicted molar refractivity (Wildman–Crippen MR) is 110 cm³/mol. The van der Waals surface area contributed by atoms with Crippen LogP contribution in [0.25, 0.3) is 10.8 Å². The fourth-order valence-electron chi connectivity index (χ4n) is 5.92. The number of aliphatic hydroxyl groups is 1. The smallest absolute Gasteiger partial charge is 0.306 e. The average Bonchev–Trinajstić information content (AvgIpc) is 2.94. The van der Waals surface area contributed by atoms with Crippen molar-refractivity contribution in [1.82, 2.24) is 0 Å². The molecule has 0 unspecified atom stereocenters. The largest absolute Gasteiger partial charge is 0.508 e. The highest BCUT2D eigenvalue weighted by Crippen LogP contribution is 2.64. The number of benzene rings is 2. The first kappa shape index (κ1) is 20.5. The van der Waals surface area contributed by atoms with E-state index < -0.39 is 29.4 Å². The number of fused-ring (bicyclic) bond motifs is 5. The maximum absolute atomic E-state index is 13.4. The maximum atomic E-state index is 13.4. The second-order valence-corrected chi connectivity index (χ2v) is 8.79. The molecule has 6 heteroatoms. The Morgan fingerprint density at radius 3 is 2.63 bits per heavy atom. The second kappa shape index (κ2) is 6.91. The minimum atomic E-state index is -1.54. The van der Waals surface area contributed by atoms with Gasteiger partial charge in [0, 0.05) is 29.7 Å². The van der Waals surface area contributed by atoms with Gasteiger partial charge in [-0.3, -0.25) is 14.4 Å². The van der Waals surface area contributed by atoms with Gasteiger partial charge in [-0.1, -0.05) is 32.9 Å². The molecule has 1 fully saturated rings. The molecule has 0 aromatic heterocycles. The van der Waals surface area contributed by atoms with Crippen LogP contribution in [0.5, 0.6) is 5.75 Å². The topological polar surface area (TPSA) is 101 Å². The van der Waals surface area contributed by atoms with Gasteiger partial charge in [-0.15, -0.1) is 0 Å². The first-order valence-electron chi connectivity index (χ1n) is 10.3. The third-order valence-electron chi connectivity index (χ3n) is 7.24. The third kappa shape index (κ3) is 2.56. The van der Waals surface area contributed by atoms with Crippen LogP contribution >= 0.6 is 0 Å². The van der Waals surface area contributed by atoms with E-state index in [9.17, 15) is 24.6 Å². The summed E-state index contributed by atoms with van der Waals surface area (Å²) in [4.78, 5) is 38.8. The molecule has 158 valence electrons. The molecule has 2 aliphatic rings. The van der Waals surface area contributed by atoms with Crippen LogP contribution in [0.4, 0.5) is 0 Å². The van der Waals surface area contributed by atoms with Crippen LogP contribution in [0.2, 0.25) is 0 Å². The fraction of sp³-hybridized carbons (Fsp3) is 0.458. The molecule has 1 saturated carbocycles. The average molecular weight is 410 g/mol. The first-order chi connectivity index (χ1) is 14.2. The molecule has 4 atom stereocenters. The summed E-state index contributed by atoms with van der Waals surface area (Å²) < 4.78 is 5.82. The summed E-state index contributed by atoms with van der Waals surface area (Å²) in [6.07, 6.45) is 0.702. The fourth-order valence-corrected chi connectivity index (χ4v) is 5.92. The monoisotopic (exact) mass is 410 g/mol. The summed E-state index contributed by atoms with van der Waals surface area (Å²) in [5.41, 5.74) is -1.06. The van der Waals surface area contributed by atoms with Gasteiger partial charge in [-0.25, -0.2) is 0 Å². The molecule has 6 nitrogen and oxygen atoms in total. The molecule has 0 radical (unpaired) electrons. The quantitative estimate of drug-likeness (QED) is 0.748. The van der Waals surface area contributed by atoms with E-state index in [4.69, 9.17) is 4.74 Å². The summed E-state index contributed by atoms with van der Waals surface area (Å²) in [6, 6.07) is 8.67. The molecule has 0 heterocycles. The lowest BCUT2D eigenvalue weighted by Gasteiger charge is -2.48. The zero-order valence-electron chi connectivity index (χ0n) is 17.4. The van der Waals surface area contributed by atoms with E-state index in [1.807, 2.05) is 26.0 Å². The van der Waals surface area contributed by atoms with Crippen LogP contribution in [-0.4, -0.2) is 40.0 Å². The first-order valence-corrected chi connectivity index (χ1v) is 10.3. The Bertz CT molecular complexity index is 1070. The normalized spacial score (nSPS) is 30.1. The zero-order valence-corrected chi connectivity index (χ0v) is 17.4. The summed E-state index contributed by atoms with van der Waals surface area (Å²) in [5.74, 6) is -1.60. The van der Waals surface area contributed by atoms with Crippen LogP contribution in [-0.2, 0) is 14.3 Å². The molecule has 0 amide bonds. The Morgan fingerprint density at radius 1 is 1.23 bits per heavy atom. The van der Waals surface area contributed by atoms with Crippen LogP contribution in [0.3, 0.4) is 0 Å². The molecule has 2 aromatic carbocycles. The van der Waals surface area contributed by atoms with Gasteiger partial charge in [0.2, 0.25) is 5.78 Å². The highest BCUT2D eigenvalue weighted by atomic mass is 16.6.